The maximum atomic E-state index is 5.58. The van der Waals surface area contributed by atoms with E-state index in [2.05, 4.69) is 29.4 Å². The molecule has 5 heteroatoms. The topological polar surface area (TPSA) is 60.2 Å². The Bertz CT molecular complexity index is 506. The van der Waals surface area contributed by atoms with Crippen molar-refractivity contribution in [1.82, 2.24) is 15.5 Å². The molecule has 0 aliphatic carbocycles. The van der Waals surface area contributed by atoms with Gasteiger partial charge in [0, 0.05) is 6.04 Å². The third kappa shape index (κ3) is 4.06. The maximum absolute atomic E-state index is 5.58. The van der Waals surface area contributed by atoms with E-state index in [1.54, 1.807) is 7.11 Å². The molecule has 1 N–H and O–H groups in total. The van der Waals surface area contributed by atoms with Gasteiger partial charge >= 0.3 is 0 Å². The van der Waals surface area contributed by atoms with Gasteiger partial charge in [-0.05, 0) is 17.7 Å². The van der Waals surface area contributed by atoms with Crippen LogP contribution in [0.15, 0.2) is 28.7 Å². The molecule has 102 valence electrons. The molecule has 0 aliphatic heterocycles. The third-order valence-electron chi connectivity index (χ3n) is 2.68. The van der Waals surface area contributed by atoms with Crippen molar-refractivity contribution in [3.63, 3.8) is 0 Å². The summed E-state index contributed by atoms with van der Waals surface area (Å²) in [6, 6.07) is 8.24. The number of aromatic nitrogens is 2. The molecule has 0 spiro atoms. The van der Waals surface area contributed by atoms with E-state index in [1.807, 2.05) is 24.3 Å². The summed E-state index contributed by atoms with van der Waals surface area (Å²) in [4.78, 5) is 0. The minimum atomic E-state index is 0.400. The molecular formula is C14H19N3O2. The van der Waals surface area contributed by atoms with Crippen LogP contribution in [0.4, 0.5) is 0 Å². The van der Waals surface area contributed by atoms with Crippen LogP contribution in [0.5, 0.6) is 5.75 Å². The van der Waals surface area contributed by atoms with Crippen LogP contribution in [-0.4, -0.2) is 23.3 Å². The van der Waals surface area contributed by atoms with E-state index in [9.17, 15) is 0 Å². The van der Waals surface area contributed by atoms with Crippen molar-refractivity contribution in [2.75, 3.05) is 7.11 Å². The second-order valence-corrected chi connectivity index (χ2v) is 4.65. The summed E-state index contributed by atoms with van der Waals surface area (Å²) in [6.45, 7) is 4.76. The Kier molecular flexibility index (Phi) is 4.52. The molecule has 0 unspecified atom stereocenters. The summed E-state index contributed by atoms with van der Waals surface area (Å²) < 4.78 is 10.7. The Morgan fingerprint density at radius 2 is 1.84 bits per heavy atom. The maximum Gasteiger partial charge on any atom is 0.230 e. The molecule has 19 heavy (non-hydrogen) atoms. The highest BCUT2D eigenvalue weighted by atomic mass is 16.5. The molecule has 0 saturated heterocycles. The number of methoxy groups -OCH3 is 1. The smallest absolute Gasteiger partial charge is 0.230 e. The quantitative estimate of drug-likeness (QED) is 0.863. The number of benzene rings is 1. The van der Waals surface area contributed by atoms with Gasteiger partial charge in [0.15, 0.2) is 0 Å². The van der Waals surface area contributed by atoms with Crippen molar-refractivity contribution in [3.8, 4) is 5.75 Å². The minimum Gasteiger partial charge on any atom is -0.497 e. The van der Waals surface area contributed by atoms with Crippen LogP contribution in [0, 0.1) is 0 Å². The molecule has 5 nitrogen and oxygen atoms in total. The largest absolute Gasteiger partial charge is 0.497 e. The molecule has 2 aromatic rings. The van der Waals surface area contributed by atoms with Gasteiger partial charge in [-0.3, -0.25) is 0 Å². The van der Waals surface area contributed by atoms with Crippen LogP contribution in [0.25, 0.3) is 0 Å². The van der Waals surface area contributed by atoms with E-state index in [-0.39, 0.29) is 0 Å². The highest BCUT2D eigenvalue weighted by molar-refractivity contribution is 5.28. The molecule has 0 amide bonds. The molecule has 0 saturated carbocycles. The summed E-state index contributed by atoms with van der Waals surface area (Å²) in [7, 11) is 1.65. The lowest BCUT2D eigenvalue weighted by Crippen LogP contribution is -2.21. The van der Waals surface area contributed by atoms with Crippen molar-refractivity contribution in [1.29, 1.82) is 0 Å². The second-order valence-electron chi connectivity index (χ2n) is 4.65. The minimum absolute atomic E-state index is 0.400. The van der Waals surface area contributed by atoms with Gasteiger partial charge in [-0.2, -0.15) is 0 Å². The first-order valence-corrected chi connectivity index (χ1v) is 6.35. The lowest BCUT2D eigenvalue weighted by molar-refractivity contribution is 0.414. The SMILES string of the molecule is COc1ccc(Cc2nnc(CNC(C)C)o2)cc1. The zero-order valence-corrected chi connectivity index (χ0v) is 11.5. The summed E-state index contributed by atoms with van der Waals surface area (Å²) in [5.41, 5.74) is 1.12. The summed E-state index contributed by atoms with van der Waals surface area (Å²) in [5.74, 6) is 2.10. The van der Waals surface area contributed by atoms with Crippen molar-refractivity contribution >= 4 is 0 Å². The Hall–Kier alpha value is -1.88. The Morgan fingerprint density at radius 3 is 2.47 bits per heavy atom. The normalized spacial score (nSPS) is 10.9. The summed E-state index contributed by atoms with van der Waals surface area (Å²) >= 11 is 0. The fourth-order valence-corrected chi connectivity index (χ4v) is 1.64. The van der Waals surface area contributed by atoms with Gasteiger partial charge in [0.2, 0.25) is 11.8 Å². The lowest BCUT2D eigenvalue weighted by Gasteiger charge is -2.03. The first-order chi connectivity index (χ1) is 9.17. The van der Waals surface area contributed by atoms with Gasteiger partial charge in [-0.1, -0.05) is 26.0 Å². The van der Waals surface area contributed by atoms with Crippen LogP contribution in [-0.2, 0) is 13.0 Å². The zero-order valence-electron chi connectivity index (χ0n) is 11.5. The number of ether oxygens (including phenoxy) is 1. The lowest BCUT2D eigenvalue weighted by atomic mass is 10.1. The van der Waals surface area contributed by atoms with Crippen molar-refractivity contribution < 1.29 is 9.15 Å². The molecule has 0 aliphatic rings. The zero-order chi connectivity index (χ0) is 13.7. The second kappa shape index (κ2) is 6.33. The molecule has 0 bridgehead atoms. The van der Waals surface area contributed by atoms with Crippen LogP contribution in [0.1, 0.15) is 31.2 Å². The van der Waals surface area contributed by atoms with Gasteiger partial charge in [-0.15, -0.1) is 10.2 Å². The number of nitrogens with one attached hydrogen (secondary N) is 1. The van der Waals surface area contributed by atoms with Crippen molar-refractivity contribution in [3.05, 3.63) is 41.6 Å². The predicted molar refractivity (Wildman–Crippen MR) is 72.1 cm³/mol. The molecule has 1 aromatic heterocycles. The van der Waals surface area contributed by atoms with E-state index in [1.165, 1.54) is 0 Å². The van der Waals surface area contributed by atoms with Crippen LogP contribution < -0.4 is 10.1 Å². The van der Waals surface area contributed by atoms with Crippen LogP contribution in [0.2, 0.25) is 0 Å². The highest BCUT2D eigenvalue weighted by Gasteiger charge is 2.07. The Labute approximate surface area is 113 Å². The molecular weight excluding hydrogens is 242 g/mol. The van der Waals surface area contributed by atoms with Gasteiger partial charge in [0.25, 0.3) is 0 Å². The summed E-state index contributed by atoms with van der Waals surface area (Å²) in [5, 5.41) is 11.3. The molecule has 2 rings (SSSR count). The monoisotopic (exact) mass is 261 g/mol. The van der Waals surface area contributed by atoms with E-state index in [4.69, 9.17) is 9.15 Å². The number of nitrogens with zero attached hydrogens (tertiary/aromatic N) is 2. The van der Waals surface area contributed by atoms with Gasteiger partial charge < -0.3 is 14.5 Å². The van der Waals surface area contributed by atoms with Crippen LogP contribution >= 0.6 is 0 Å². The van der Waals surface area contributed by atoms with E-state index < -0.39 is 0 Å². The Morgan fingerprint density at radius 1 is 1.16 bits per heavy atom. The van der Waals surface area contributed by atoms with E-state index >= 15 is 0 Å². The standard InChI is InChI=1S/C14H19N3O2/c1-10(2)15-9-14-17-16-13(19-14)8-11-4-6-12(18-3)7-5-11/h4-7,10,15H,8-9H2,1-3H3. The number of hydrogen-bond acceptors (Lipinski definition) is 5. The first kappa shape index (κ1) is 13.5. The summed E-state index contributed by atoms with van der Waals surface area (Å²) in [6.07, 6.45) is 0.638. The molecule has 1 heterocycles. The van der Waals surface area contributed by atoms with E-state index in [0.717, 1.165) is 11.3 Å². The Balaban J connectivity index is 1.95. The predicted octanol–water partition coefficient (Wildman–Crippen LogP) is 2.17. The van der Waals surface area contributed by atoms with Crippen molar-refractivity contribution in [2.45, 2.75) is 32.9 Å². The number of hydrogen-bond donors (Lipinski definition) is 1. The third-order valence-corrected chi connectivity index (χ3v) is 2.68. The molecule has 1 aromatic carbocycles. The molecule has 0 radical (unpaired) electrons. The fourth-order valence-electron chi connectivity index (χ4n) is 1.64. The first-order valence-electron chi connectivity index (χ1n) is 6.35. The molecule has 0 atom stereocenters. The van der Waals surface area contributed by atoms with Crippen molar-refractivity contribution in [2.24, 2.45) is 0 Å². The average molecular weight is 261 g/mol. The van der Waals surface area contributed by atoms with E-state index in [0.29, 0.717) is 30.8 Å². The highest BCUT2D eigenvalue weighted by Crippen LogP contribution is 2.14. The van der Waals surface area contributed by atoms with Gasteiger partial charge in [-0.25, -0.2) is 0 Å². The van der Waals surface area contributed by atoms with Gasteiger partial charge in [0.05, 0.1) is 20.1 Å². The average Bonchev–Trinajstić information content (AvgIpc) is 2.85. The molecule has 0 fully saturated rings. The van der Waals surface area contributed by atoms with Crippen LogP contribution in [0.3, 0.4) is 0 Å². The van der Waals surface area contributed by atoms with Gasteiger partial charge in [0.1, 0.15) is 5.75 Å². The number of rotatable bonds is 6. The fraction of sp³-hybridized carbons (Fsp3) is 0.429.